The maximum Gasteiger partial charge on any atom is 0.124 e. The lowest BCUT2D eigenvalue weighted by molar-refractivity contribution is 0.304. The number of hydrogen-bond donors (Lipinski definition) is 2. The Hall–Kier alpha value is -2.82. The van der Waals surface area contributed by atoms with Gasteiger partial charge in [-0.15, -0.1) is 0 Å². The molecule has 0 saturated heterocycles. The molecule has 0 bridgehead atoms. The summed E-state index contributed by atoms with van der Waals surface area (Å²) in [7, 11) is 0. The predicted octanol–water partition coefficient (Wildman–Crippen LogP) is 7.42. The summed E-state index contributed by atoms with van der Waals surface area (Å²) in [4.78, 5) is 8.88. The van der Waals surface area contributed by atoms with E-state index in [0.29, 0.717) is 25.3 Å². The first-order valence-electron chi connectivity index (χ1n) is 13.3. The van der Waals surface area contributed by atoms with Crippen LogP contribution in [0.15, 0.2) is 40.3 Å². The Morgan fingerprint density at radius 2 is 1.43 bits per heavy atom. The van der Waals surface area contributed by atoms with Crippen LogP contribution in [0.25, 0.3) is 0 Å². The molecule has 0 radical (unpaired) electrons. The normalized spacial score (nSPS) is 11.6. The average molecular weight is 481 g/mol. The molecule has 0 unspecified atom stereocenters. The van der Waals surface area contributed by atoms with Crippen molar-refractivity contribution in [1.82, 2.24) is 0 Å². The Morgan fingerprint density at radius 3 is 2.17 bits per heavy atom. The van der Waals surface area contributed by atoms with Gasteiger partial charge >= 0.3 is 0 Å². The Kier molecular flexibility index (Phi) is 13.6. The first-order valence-corrected chi connectivity index (χ1v) is 13.3. The second-order valence-corrected chi connectivity index (χ2v) is 9.15. The number of aromatic hydroxyl groups is 2. The molecule has 35 heavy (non-hydrogen) atoms. The number of phenols is 2. The lowest BCUT2D eigenvalue weighted by atomic mass is 9.97. The maximum absolute atomic E-state index is 10.3. The number of ether oxygens (including phenoxy) is 1. The molecule has 0 spiro atoms. The molecule has 192 valence electrons. The fourth-order valence-corrected chi connectivity index (χ4v) is 3.99. The molecule has 0 aliphatic carbocycles. The third-order valence-electron chi connectivity index (χ3n) is 6.23. The van der Waals surface area contributed by atoms with Crippen LogP contribution in [0.1, 0.15) is 93.9 Å². The molecule has 0 fully saturated rings. The predicted molar refractivity (Wildman–Crippen MR) is 148 cm³/mol. The quantitative estimate of drug-likeness (QED) is 0.183. The van der Waals surface area contributed by atoms with Gasteiger partial charge in [0.1, 0.15) is 17.2 Å². The third-order valence-corrected chi connectivity index (χ3v) is 6.23. The summed E-state index contributed by atoms with van der Waals surface area (Å²) in [5, 5.41) is 20.4. The Balaban J connectivity index is 1.84. The molecule has 2 aromatic rings. The fourth-order valence-electron chi connectivity index (χ4n) is 3.99. The number of rotatable bonds is 17. The van der Waals surface area contributed by atoms with Crippen LogP contribution in [0.3, 0.4) is 0 Å². The van der Waals surface area contributed by atoms with Crippen LogP contribution in [0.2, 0.25) is 0 Å². The van der Waals surface area contributed by atoms with Crippen molar-refractivity contribution < 1.29 is 14.9 Å². The molecular formula is C30H44N2O3. The molecule has 5 heteroatoms. The van der Waals surface area contributed by atoms with E-state index in [1.807, 2.05) is 12.1 Å². The van der Waals surface area contributed by atoms with Gasteiger partial charge in [0.05, 0.1) is 19.7 Å². The van der Waals surface area contributed by atoms with E-state index in [2.05, 4.69) is 30.8 Å². The maximum atomic E-state index is 10.3. The molecular weight excluding hydrogens is 436 g/mol. The number of phenolic OH excluding ortho intramolecular Hbond substituents is 2. The number of aliphatic imine (C=N–C) groups is 2. The van der Waals surface area contributed by atoms with Crippen molar-refractivity contribution in [3.05, 3.63) is 52.6 Å². The largest absolute Gasteiger partial charge is 0.507 e. The van der Waals surface area contributed by atoms with E-state index in [1.54, 1.807) is 30.6 Å². The molecule has 0 amide bonds. The van der Waals surface area contributed by atoms with E-state index in [4.69, 9.17) is 4.74 Å². The highest BCUT2D eigenvalue weighted by molar-refractivity contribution is 5.86. The lowest BCUT2D eigenvalue weighted by Gasteiger charge is -2.10. The van der Waals surface area contributed by atoms with Crippen LogP contribution >= 0.6 is 0 Å². The summed E-state index contributed by atoms with van der Waals surface area (Å²) in [6.45, 7) is 8.17. The molecule has 0 aromatic heterocycles. The van der Waals surface area contributed by atoms with Gasteiger partial charge in [-0.25, -0.2) is 0 Å². The van der Waals surface area contributed by atoms with E-state index in [-0.39, 0.29) is 11.5 Å². The van der Waals surface area contributed by atoms with E-state index in [1.165, 1.54) is 56.9 Å². The number of nitrogens with zero attached hydrogens (tertiary/aromatic N) is 2. The lowest BCUT2D eigenvalue weighted by Crippen LogP contribution is -1.98. The Morgan fingerprint density at radius 1 is 0.771 bits per heavy atom. The highest BCUT2D eigenvalue weighted by Gasteiger charge is 2.07. The van der Waals surface area contributed by atoms with Crippen LogP contribution < -0.4 is 4.74 Å². The topological polar surface area (TPSA) is 74.4 Å². The number of benzene rings is 2. The first-order chi connectivity index (χ1) is 17.1. The number of aryl methyl sites for hydroxylation is 1. The molecule has 0 aliphatic rings. The zero-order valence-electron chi connectivity index (χ0n) is 21.9. The van der Waals surface area contributed by atoms with Crippen molar-refractivity contribution in [3.8, 4) is 17.2 Å². The minimum absolute atomic E-state index is 0.184. The van der Waals surface area contributed by atoms with Crippen molar-refractivity contribution in [2.45, 2.75) is 85.0 Å². The summed E-state index contributed by atoms with van der Waals surface area (Å²) in [6, 6.07) is 9.05. The van der Waals surface area contributed by atoms with E-state index >= 15 is 0 Å². The van der Waals surface area contributed by atoms with Gasteiger partial charge in [0, 0.05) is 23.6 Å². The molecule has 2 aromatic carbocycles. The minimum atomic E-state index is 0.184. The highest BCUT2D eigenvalue weighted by Crippen LogP contribution is 2.24. The van der Waals surface area contributed by atoms with Gasteiger partial charge in [0.25, 0.3) is 0 Å². The fraction of sp³-hybridized carbons (Fsp3) is 0.533. The highest BCUT2D eigenvalue weighted by atomic mass is 16.5. The van der Waals surface area contributed by atoms with Crippen molar-refractivity contribution in [3.63, 3.8) is 0 Å². The molecule has 2 rings (SSSR count). The Labute approximate surface area is 212 Å². The van der Waals surface area contributed by atoms with Crippen LogP contribution in [0.5, 0.6) is 17.2 Å². The van der Waals surface area contributed by atoms with Crippen LogP contribution in [0.4, 0.5) is 0 Å². The Bertz CT molecular complexity index is 937. The monoisotopic (exact) mass is 480 g/mol. The summed E-state index contributed by atoms with van der Waals surface area (Å²) >= 11 is 0. The third kappa shape index (κ3) is 10.5. The summed E-state index contributed by atoms with van der Waals surface area (Å²) in [5.74, 6) is 1.20. The van der Waals surface area contributed by atoms with Crippen LogP contribution in [-0.2, 0) is 6.42 Å². The van der Waals surface area contributed by atoms with Crippen LogP contribution in [-0.4, -0.2) is 42.3 Å². The summed E-state index contributed by atoms with van der Waals surface area (Å²) in [6.07, 6.45) is 15.3. The SMILES string of the molecule is CCCCCCCOc1ccc(O)c(C=NCCN=Cc2c(O)ccc(CCCCCC)c2C)c1. The minimum Gasteiger partial charge on any atom is -0.507 e. The average Bonchev–Trinajstić information content (AvgIpc) is 2.85. The smallest absolute Gasteiger partial charge is 0.124 e. The molecule has 0 saturated carbocycles. The first kappa shape index (κ1) is 28.4. The summed E-state index contributed by atoms with van der Waals surface area (Å²) < 4.78 is 5.82. The van der Waals surface area contributed by atoms with Gasteiger partial charge in [0.2, 0.25) is 0 Å². The van der Waals surface area contributed by atoms with Gasteiger partial charge < -0.3 is 14.9 Å². The van der Waals surface area contributed by atoms with Crippen molar-refractivity contribution >= 4 is 12.4 Å². The van der Waals surface area contributed by atoms with Crippen molar-refractivity contribution in [2.24, 2.45) is 9.98 Å². The van der Waals surface area contributed by atoms with Crippen LogP contribution in [0, 0.1) is 6.92 Å². The van der Waals surface area contributed by atoms with Crippen molar-refractivity contribution in [1.29, 1.82) is 0 Å². The standard InChI is InChI=1S/C30H44N2O3/c1-4-6-8-10-12-20-35-27-15-17-29(33)26(21-27)22-31-18-19-32-23-28-24(3)25(14-16-30(28)34)13-11-9-7-5-2/h14-17,21-23,33-34H,4-13,18-20H2,1-3H3. The van der Waals surface area contributed by atoms with E-state index in [0.717, 1.165) is 29.7 Å². The van der Waals surface area contributed by atoms with Gasteiger partial charge in [-0.05, 0) is 61.6 Å². The van der Waals surface area contributed by atoms with Gasteiger partial charge in [-0.3, -0.25) is 9.98 Å². The van der Waals surface area contributed by atoms with Gasteiger partial charge in [-0.2, -0.15) is 0 Å². The van der Waals surface area contributed by atoms with Gasteiger partial charge in [0.15, 0.2) is 0 Å². The second-order valence-electron chi connectivity index (χ2n) is 9.15. The van der Waals surface area contributed by atoms with E-state index < -0.39 is 0 Å². The zero-order chi connectivity index (χ0) is 25.3. The van der Waals surface area contributed by atoms with Gasteiger partial charge in [-0.1, -0.05) is 64.9 Å². The molecule has 0 heterocycles. The van der Waals surface area contributed by atoms with Crippen molar-refractivity contribution in [2.75, 3.05) is 19.7 Å². The second kappa shape index (κ2) is 16.7. The molecule has 2 N–H and O–H groups in total. The summed E-state index contributed by atoms with van der Waals surface area (Å²) in [5.41, 5.74) is 3.80. The number of hydrogen-bond acceptors (Lipinski definition) is 5. The molecule has 5 nitrogen and oxygen atoms in total. The number of unbranched alkanes of at least 4 members (excludes halogenated alkanes) is 7. The van der Waals surface area contributed by atoms with E-state index in [9.17, 15) is 10.2 Å². The zero-order valence-corrected chi connectivity index (χ0v) is 21.9. The molecule has 0 aliphatic heterocycles. The molecule has 0 atom stereocenters.